The highest BCUT2D eigenvalue weighted by Gasteiger charge is 2.27. The number of benzene rings is 1. The van der Waals surface area contributed by atoms with Crippen molar-refractivity contribution in [3.63, 3.8) is 0 Å². The van der Waals surface area contributed by atoms with Crippen LogP contribution >= 0.6 is 0 Å². The first kappa shape index (κ1) is 23.1. The van der Waals surface area contributed by atoms with Gasteiger partial charge in [-0.25, -0.2) is 31.1 Å². The van der Waals surface area contributed by atoms with Crippen LogP contribution in [0.5, 0.6) is 0 Å². The van der Waals surface area contributed by atoms with Gasteiger partial charge in [-0.15, -0.1) is 0 Å². The summed E-state index contributed by atoms with van der Waals surface area (Å²) in [7, 11) is -6.71. The first-order chi connectivity index (χ1) is 15.2. The van der Waals surface area contributed by atoms with Crippen molar-refractivity contribution in [1.82, 2.24) is 18.6 Å². The third-order valence-corrected chi connectivity index (χ3v) is 8.89. The minimum absolute atomic E-state index is 0.0873. The molecule has 0 radical (unpaired) electrons. The maximum Gasteiger partial charge on any atom is 0.243 e. The number of rotatable bonds is 6. The molecule has 4 rings (SSSR count). The maximum atomic E-state index is 12.8. The van der Waals surface area contributed by atoms with Crippen LogP contribution in [-0.2, 0) is 24.8 Å². The zero-order valence-corrected chi connectivity index (χ0v) is 19.5. The lowest BCUT2D eigenvalue weighted by Crippen LogP contribution is -2.42. The Morgan fingerprint density at radius 1 is 0.938 bits per heavy atom. The molecule has 2 saturated heterocycles. The molecular formula is C20H27N5O5S2. The summed E-state index contributed by atoms with van der Waals surface area (Å²) in [6.45, 7) is 2.45. The van der Waals surface area contributed by atoms with E-state index in [1.165, 1.54) is 14.9 Å². The largest absolute Gasteiger partial charge is 0.379 e. The Kier molecular flexibility index (Phi) is 6.77. The fraction of sp³-hybridized carbons (Fsp3) is 0.500. The molecule has 12 heteroatoms. The van der Waals surface area contributed by atoms with Crippen LogP contribution in [0.4, 0.5) is 5.95 Å². The van der Waals surface area contributed by atoms with Crippen LogP contribution in [0, 0.1) is 0 Å². The van der Waals surface area contributed by atoms with Crippen molar-refractivity contribution in [1.29, 1.82) is 0 Å². The Labute approximate surface area is 188 Å². The molecule has 2 fully saturated rings. The molecule has 0 spiro atoms. The summed E-state index contributed by atoms with van der Waals surface area (Å²) in [5.74, 6) is 0.463. The predicted octanol–water partition coefficient (Wildman–Crippen LogP) is 1.00. The molecule has 2 aliphatic heterocycles. The zero-order valence-electron chi connectivity index (χ0n) is 17.8. The molecule has 2 aromatic rings. The number of nitrogens with zero attached hydrogens (tertiary/aromatic N) is 4. The molecule has 2 aliphatic rings. The summed E-state index contributed by atoms with van der Waals surface area (Å²) in [4.78, 5) is 9.08. The number of sulfonamides is 2. The summed E-state index contributed by atoms with van der Waals surface area (Å²) < 4.78 is 57.1. The molecule has 32 heavy (non-hydrogen) atoms. The van der Waals surface area contributed by atoms with Crippen LogP contribution in [0.2, 0.25) is 0 Å². The number of nitrogens with one attached hydrogen (secondary N) is 1. The predicted molar refractivity (Wildman–Crippen MR) is 120 cm³/mol. The van der Waals surface area contributed by atoms with Crippen molar-refractivity contribution < 1.29 is 21.6 Å². The molecule has 3 heterocycles. The molecule has 174 valence electrons. The molecule has 1 aromatic heterocycles. The molecule has 0 atom stereocenters. The topological polar surface area (TPSA) is 122 Å². The Hall–Kier alpha value is -2.12. The minimum atomic E-state index is -3.54. The average molecular weight is 482 g/mol. The minimum Gasteiger partial charge on any atom is -0.379 e. The van der Waals surface area contributed by atoms with Crippen LogP contribution < -0.4 is 5.32 Å². The van der Waals surface area contributed by atoms with Gasteiger partial charge in [0.15, 0.2) is 0 Å². The number of anilines is 1. The summed E-state index contributed by atoms with van der Waals surface area (Å²) in [5, 5.41) is 3.28. The van der Waals surface area contributed by atoms with E-state index in [1.54, 1.807) is 36.5 Å². The molecule has 0 saturated carbocycles. The van der Waals surface area contributed by atoms with E-state index >= 15 is 0 Å². The second-order valence-electron chi connectivity index (χ2n) is 7.89. The van der Waals surface area contributed by atoms with E-state index in [1.807, 2.05) is 0 Å². The molecule has 0 amide bonds. The van der Waals surface area contributed by atoms with Gasteiger partial charge in [-0.1, -0.05) is 12.1 Å². The van der Waals surface area contributed by atoms with Crippen LogP contribution in [0.3, 0.4) is 0 Å². The van der Waals surface area contributed by atoms with Gasteiger partial charge < -0.3 is 10.1 Å². The van der Waals surface area contributed by atoms with E-state index in [2.05, 4.69) is 15.3 Å². The van der Waals surface area contributed by atoms with Gasteiger partial charge in [-0.05, 0) is 31.0 Å². The lowest BCUT2D eigenvalue weighted by atomic mass is 10.1. The number of piperidine rings is 1. The molecular weight excluding hydrogens is 454 g/mol. The normalized spacial score (nSPS) is 19.7. The fourth-order valence-corrected chi connectivity index (χ4v) is 6.12. The van der Waals surface area contributed by atoms with Crippen molar-refractivity contribution in [2.24, 2.45) is 0 Å². The number of morpholine rings is 1. The maximum absolute atomic E-state index is 12.8. The lowest BCUT2D eigenvalue weighted by molar-refractivity contribution is 0.0730. The van der Waals surface area contributed by atoms with Gasteiger partial charge in [0.1, 0.15) is 0 Å². The van der Waals surface area contributed by atoms with Gasteiger partial charge in [0.05, 0.1) is 30.1 Å². The first-order valence-corrected chi connectivity index (χ1v) is 13.8. The quantitative estimate of drug-likeness (QED) is 0.649. The van der Waals surface area contributed by atoms with Gasteiger partial charge in [0.25, 0.3) is 0 Å². The zero-order chi connectivity index (χ0) is 22.8. The van der Waals surface area contributed by atoms with Crippen molar-refractivity contribution in [3.8, 4) is 11.3 Å². The smallest absolute Gasteiger partial charge is 0.243 e. The number of hydrogen-bond donors (Lipinski definition) is 1. The van der Waals surface area contributed by atoms with E-state index in [9.17, 15) is 16.8 Å². The van der Waals surface area contributed by atoms with Gasteiger partial charge in [0, 0.05) is 44.0 Å². The molecule has 0 unspecified atom stereocenters. The van der Waals surface area contributed by atoms with Gasteiger partial charge in [-0.3, -0.25) is 0 Å². The van der Waals surface area contributed by atoms with Gasteiger partial charge >= 0.3 is 0 Å². The first-order valence-electron chi connectivity index (χ1n) is 10.5. The van der Waals surface area contributed by atoms with Crippen LogP contribution in [-0.4, -0.2) is 87.1 Å². The van der Waals surface area contributed by atoms with E-state index in [0.29, 0.717) is 63.9 Å². The van der Waals surface area contributed by atoms with Crippen molar-refractivity contribution in [2.45, 2.75) is 23.8 Å². The molecule has 0 aliphatic carbocycles. The molecule has 1 aromatic carbocycles. The standard InChI is InChI=1S/C20H27N5O5S2/c1-31(26,27)24-10-7-17(8-11-24)22-20-21-9-6-19(23-20)16-2-4-18(5-3-16)32(28,29)25-12-14-30-15-13-25/h2-6,9,17H,7-8,10-15H2,1H3,(H,21,22,23). The van der Waals surface area contributed by atoms with Crippen LogP contribution in [0.1, 0.15) is 12.8 Å². The van der Waals surface area contributed by atoms with E-state index in [4.69, 9.17) is 4.74 Å². The Morgan fingerprint density at radius 2 is 1.59 bits per heavy atom. The van der Waals surface area contributed by atoms with Crippen molar-refractivity contribution >= 4 is 26.0 Å². The lowest BCUT2D eigenvalue weighted by Gasteiger charge is -2.30. The average Bonchev–Trinajstić information content (AvgIpc) is 2.80. The highest BCUT2D eigenvalue weighted by atomic mass is 32.2. The molecule has 0 bridgehead atoms. The summed E-state index contributed by atoms with van der Waals surface area (Å²) in [6.07, 6.45) is 4.23. The van der Waals surface area contributed by atoms with Crippen molar-refractivity contribution in [3.05, 3.63) is 36.5 Å². The Bertz CT molecular complexity index is 1140. The summed E-state index contributed by atoms with van der Waals surface area (Å²) in [6, 6.07) is 8.52. The van der Waals surface area contributed by atoms with Gasteiger partial charge in [0.2, 0.25) is 26.0 Å². The third kappa shape index (κ3) is 5.26. The summed E-state index contributed by atoms with van der Waals surface area (Å²) in [5.41, 5.74) is 1.45. The van der Waals surface area contributed by atoms with E-state index < -0.39 is 20.0 Å². The monoisotopic (exact) mass is 481 g/mol. The number of aromatic nitrogens is 2. The van der Waals surface area contributed by atoms with E-state index in [-0.39, 0.29) is 10.9 Å². The van der Waals surface area contributed by atoms with Crippen LogP contribution in [0.25, 0.3) is 11.3 Å². The third-order valence-electron chi connectivity index (χ3n) is 5.67. The second kappa shape index (κ2) is 9.40. The van der Waals surface area contributed by atoms with Crippen LogP contribution in [0.15, 0.2) is 41.4 Å². The highest BCUT2D eigenvalue weighted by Crippen LogP contribution is 2.23. The SMILES string of the molecule is CS(=O)(=O)N1CCC(Nc2nccc(-c3ccc(S(=O)(=O)N4CCOCC4)cc3)n2)CC1. The van der Waals surface area contributed by atoms with Crippen molar-refractivity contribution in [2.75, 3.05) is 51.0 Å². The van der Waals surface area contributed by atoms with Gasteiger partial charge in [-0.2, -0.15) is 4.31 Å². The Balaban J connectivity index is 1.43. The highest BCUT2D eigenvalue weighted by molar-refractivity contribution is 7.89. The fourth-order valence-electron chi connectivity index (χ4n) is 3.84. The second-order valence-corrected chi connectivity index (χ2v) is 11.8. The Morgan fingerprint density at radius 3 is 2.22 bits per heavy atom. The molecule has 10 nitrogen and oxygen atoms in total. The summed E-state index contributed by atoms with van der Waals surface area (Å²) >= 11 is 0. The van der Waals surface area contributed by atoms with E-state index in [0.717, 1.165) is 5.56 Å². The number of hydrogen-bond acceptors (Lipinski definition) is 8. The number of ether oxygens (including phenoxy) is 1. The molecule has 1 N–H and O–H groups in total.